The summed E-state index contributed by atoms with van der Waals surface area (Å²) in [6, 6.07) is 1.80. The number of aromatic nitrogens is 2. The fourth-order valence-corrected chi connectivity index (χ4v) is 4.73. The van der Waals surface area contributed by atoms with Gasteiger partial charge in [0.15, 0.2) is 0 Å². The van der Waals surface area contributed by atoms with Gasteiger partial charge in [-0.3, -0.25) is 9.48 Å². The van der Waals surface area contributed by atoms with Gasteiger partial charge in [0.2, 0.25) is 0 Å². The minimum Gasteiger partial charge on any atom is -0.332 e. The van der Waals surface area contributed by atoms with Gasteiger partial charge >= 0.3 is 0 Å². The third-order valence-electron chi connectivity index (χ3n) is 4.24. The van der Waals surface area contributed by atoms with Gasteiger partial charge in [0.05, 0.1) is 0 Å². The van der Waals surface area contributed by atoms with E-state index in [4.69, 9.17) is 0 Å². The third kappa shape index (κ3) is 3.07. The maximum absolute atomic E-state index is 12.7. The van der Waals surface area contributed by atoms with E-state index in [1.165, 1.54) is 12.6 Å². The van der Waals surface area contributed by atoms with Crippen molar-refractivity contribution in [1.29, 1.82) is 0 Å². The lowest BCUT2D eigenvalue weighted by Gasteiger charge is -2.43. The number of amides is 1. The van der Waals surface area contributed by atoms with Crippen LogP contribution in [0.25, 0.3) is 0 Å². The largest absolute Gasteiger partial charge is 0.332 e. The highest BCUT2D eigenvalue weighted by Crippen LogP contribution is 2.36. The number of hydrogen-bond donors (Lipinski definition) is 0. The second-order valence-electron chi connectivity index (χ2n) is 5.55. The molecule has 0 radical (unpaired) electrons. The quantitative estimate of drug-likeness (QED) is 0.861. The van der Waals surface area contributed by atoms with Crippen LogP contribution >= 0.6 is 11.8 Å². The number of fused-ring (bicyclic) bond motifs is 1. The molecule has 0 aromatic carbocycles. The van der Waals surface area contributed by atoms with Crippen LogP contribution in [0, 0.1) is 0 Å². The molecule has 0 spiro atoms. The zero-order chi connectivity index (χ0) is 14.8. The average Bonchev–Trinajstić information content (AvgIpc) is 2.93. The van der Waals surface area contributed by atoms with E-state index in [2.05, 4.69) is 5.10 Å². The van der Waals surface area contributed by atoms with E-state index < -0.39 is 13.0 Å². The molecule has 1 aromatic rings. The van der Waals surface area contributed by atoms with Crippen LogP contribution in [0.5, 0.6) is 0 Å². The number of halogens is 2. The zero-order valence-corrected chi connectivity index (χ0v) is 12.6. The van der Waals surface area contributed by atoms with Crippen molar-refractivity contribution in [2.24, 2.45) is 0 Å². The summed E-state index contributed by atoms with van der Waals surface area (Å²) in [5, 5.41) is 4.36. The minimum atomic E-state index is -2.50. The second kappa shape index (κ2) is 6.34. The molecular formula is C14H19F2N3OS. The van der Waals surface area contributed by atoms with Crippen LogP contribution in [-0.4, -0.2) is 50.6 Å². The molecule has 1 aliphatic heterocycles. The molecule has 1 aromatic heterocycles. The number of rotatable bonds is 3. The first-order chi connectivity index (χ1) is 10.2. The Bertz CT molecular complexity index is 506. The van der Waals surface area contributed by atoms with Crippen molar-refractivity contribution < 1.29 is 13.6 Å². The van der Waals surface area contributed by atoms with Crippen molar-refractivity contribution in [3.63, 3.8) is 0 Å². The topological polar surface area (TPSA) is 38.1 Å². The number of nitrogens with zero attached hydrogens (tertiary/aromatic N) is 3. The van der Waals surface area contributed by atoms with Gasteiger partial charge in [0.25, 0.3) is 12.3 Å². The molecule has 1 amide bonds. The molecule has 4 nitrogen and oxygen atoms in total. The summed E-state index contributed by atoms with van der Waals surface area (Å²) in [6.45, 7) is 0.176. The van der Waals surface area contributed by atoms with Crippen molar-refractivity contribution in [2.75, 3.05) is 12.3 Å². The van der Waals surface area contributed by atoms with Crippen molar-refractivity contribution in [2.45, 2.75) is 49.9 Å². The molecule has 3 rings (SSSR count). The van der Waals surface area contributed by atoms with Crippen LogP contribution in [0.3, 0.4) is 0 Å². The summed E-state index contributed by atoms with van der Waals surface area (Å²) in [4.78, 5) is 14.6. The Morgan fingerprint density at radius 3 is 3.05 bits per heavy atom. The first-order valence-electron chi connectivity index (χ1n) is 7.39. The Labute approximate surface area is 126 Å². The normalized spacial score (nSPS) is 26.0. The smallest absolute Gasteiger partial charge is 0.272 e. The second-order valence-corrected chi connectivity index (χ2v) is 6.90. The van der Waals surface area contributed by atoms with Crippen LogP contribution in [0.1, 0.15) is 36.2 Å². The first kappa shape index (κ1) is 14.8. The number of thioether (sulfide) groups is 1. The fraction of sp³-hybridized carbons (Fsp3) is 0.714. The summed E-state index contributed by atoms with van der Waals surface area (Å²) in [7, 11) is 0. The Morgan fingerprint density at radius 1 is 1.43 bits per heavy atom. The molecule has 1 saturated heterocycles. The van der Waals surface area contributed by atoms with Crippen molar-refractivity contribution in [1.82, 2.24) is 14.7 Å². The molecule has 2 aliphatic rings. The number of alkyl halides is 2. The van der Waals surface area contributed by atoms with Gasteiger partial charge in [-0.1, -0.05) is 12.8 Å². The molecule has 7 heteroatoms. The predicted octanol–water partition coefficient (Wildman–Crippen LogP) is 2.65. The van der Waals surface area contributed by atoms with E-state index in [0.717, 1.165) is 29.7 Å². The van der Waals surface area contributed by atoms with Gasteiger partial charge in [-0.15, -0.1) is 0 Å². The van der Waals surface area contributed by atoms with E-state index in [9.17, 15) is 13.6 Å². The van der Waals surface area contributed by atoms with Crippen LogP contribution in [0.4, 0.5) is 8.78 Å². The summed E-state index contributed by atoms with van der Waals surface area (Å²) in [5.41, 5.74) is 0.284. The lowest BCUT2D eigenvalue weighted by molar-refractivity contribution is 0.0623. The highest BCUT2D eigenvalue weighted by molar-refractivity contribution is 8.00. The molecule has 0 bridgehead atoms. The van der Waals surface area contributed by atoms with Crippen LogP contribution in [-0.2, 0) is 6.54 Å². The molecule has 2 fully saturated rings. The molecule has 116 valence electrons. The van der Waals surface area contributed by atoms with E-state index in [-0.39, 0.29) is 17.6 Å². The molecule has 1 saturated carbocycles. The van der Waals surface area contributed by atoms with Crippen LogP contribution < -0.4 is 0 Å². The van der Waals surface area contributed by atoms with Gasteiger partial charge in [-0.2, -0.15) is 16.9 Å². The molecule has 2 heterocycles. The van der Waals surface area contributed by atoms with Gasteiger partial charge < -0.3 is 4.90 Å². The standard InChI is InChI=1S/C14H19F2N3OS/c15-13(16)9-19-11(5-6-17-19)14(20)18-7-8-21-12-4-2-1-3-10(12)18/h5-6,10,12-13H,1-4,7-9H2/t10-,12-/m0/s1. The zero-order valence-electron chi connectivity index (χ0n) is 11.8. The Hall–Kier alpha value is -1.11. The van der Waals surface area contributed by atoms with Crippen molar-refractivity contribution >= 4 is 17.7 Å². The molecule has 0 N–H and O–H groups in total. The van der Waals surface area contributed by atoms with Gasteiger partial charge in [0, 0.05) is 29.8 Å². The third-order valence-corrected chi connectivity index (χ3v) is 5.64. The van der Waals surface area contributed by atoms with Gasteiger partial charge in [-0.25, -0.2) is 8.78 Å². The minimum absolute atomic E-state index is 0.148. The molecule has 0 unspecified atom stereocenters. The molecular weight excluding hydrogens is 296 g/mol. The van der Waals surface area contributed by atoms with Crippen LogP contribution in [0.2, 0.25) is 0 Å². The van der Waals surface area contributed by atoms with Crippen LogP contribution in [0.15, 0.2) is 12.3 Å². The molecule has 2 atom stereocenters. The summed E-state index contributed by atoms with van der Waals surface area (Å²) >= 11 is 1.94. The highest BCUT2D eigenvalue weighted by Gasteiger charge is 2.37. The average molecular weight is 315 g/mol. The number of carbonyl (C=O) groups excluding carboxylic acids is 1. The summed E-state index contributed by atoms with van der Waals surface area (Å²) < 4.78 is 26.3. The Morgan fingerprint density at radius 2 is 2.24 bits per heavy atom. The maximum Gasteiger partial charge on any atom is 0.272 e. The van der Waals surface area contributed by atoms with E-state index >= 15 is 0 Å². The number of carbonyl (C=O) groups is 1. The van der Waals surface area contributed by atoms with E-state index in [1.807, 2.05) is 16.7 Å². The lowest BCUT2D eigenvalue weighted by Crippen LogP contribution is -2.52. The van der Waals surface area contributed by atoms with Crippen molar-refractivity contribution in [3.05, 3.63) is 18.0 Å². The molecule has 21 heavy (non-hydrogen) atoms. The summed E-state index contributed by atoms with van der Waals surface area (Å²) in [5.74, 6) is 0.779. The first-order valence-corrected chi connectivity index (χ1v) is 8.44. The molecule has 1 aliphatic carbocycles. The summed E-state index contributed by atoms with van der Waals surface area (Å²) in [6.07, 6.45) is 3.45. The Kier molecular flexibility index (Phi) is 4.47. The van der Waals surface area contributed by atoms with Gasteiger partial charge in [0.1, 0.15) is 12.2 Å². The SMILES string of the molecule is O=C(c1ccnn1CC(F)F)N1CCS[C@H]2CCCC[C@@H]21. The highest BCUT2D eigenvalue weighted by atomic mass is 32.2. The maximum atomic E-state index is 12.7. The lowest BCUT2D eigenvalue weighted by atomic mass is 9.93. The monoisotopic (exact) mass is 315 g/mol. The van der Waals surface area contributed by atoms with Gasteiger partial charge in [-0.05, 0) is 18.9 Å². The predicted molar refractivity (Wildman–Crippen MR) is 77.8 cm³/mol. The van der Waals surface area contributed by atoms with E-state index in [1.54, 1.807) is 6.07 Å². The Balaban J connectivity index is 1.79. The fourth-order valence-electron chi connectivity index (χ4n) is 3.29. The van der Waals surface area contributed by atoms with Crippen molar-refractivity contribution in [3.8, 4) is 0 Å². The number of hydrogen-bond acceptors (Lipinski definition) is 3. The van der Waals surface area contributed by atoms with E-state index in [0.29, 0.717) is 11.8 Å².